The van der Waals surface area contributed by atoms with Gasteiger partial charge in [0.25, 0.3) is 0 Å². The van der Waals surface area contributed by atoms with E-state index in [0.717, 1.165) is 24.8 Å². The molecule has 2 heteroatoms. The molecule has 2 aromatic carbocycles. The summed E-state index contributed by atoms with van der Waals surface area (Å²) in [6, 6.07) is 18.9. The summed E-state index contributed by atoms with van der Waals surface area (Å²) < 4.78 is 0. The van der Waals surface area contributed by atoms with Crippen LogP contribution in [0.2, 0.25) is 0 Å². The van der Waals surface area contributed by atoms with E-state index in [1.807, 2.05) is 18.2 Å². The standard InChI is InChI=1S/C22H27NO/c1-21(2,3)18-9-11-19(12-10-18)22(14-15-22)20(24)23-16-13-17-7-5-4-6-8-17/h4-12H,13-16H2,1-3H3,(H,23,24). The van der Waals surface area contributed by atoms with Crippen molar-refractivity contribution in [2.24, 2.45) is 0 Å². The highest BCUT2D eigenvalue weighted by atomic mass is 16.2. The van der Waals surface area contributed by atoms with Crippen LogP contribution in [0, 0.1) is 0 Å². The zero-order valence-electron chi connectivity index (χ0n) is 14.9. The number of carbonyl (C=O) groups is 1. The lowest BCUT2D eigenvalue weighted by molar-refractivity contribution is -0.123. The van der Waals surface area contributed by atoms with E-state index >= 15 is 0 Å². The van der Waals surface area contributed by atoms with Gasteiger partial charge in [0.15, 0.2) is 0 Å². The summed E-state index contributed by atoms with van der Waals surface area (Å²) in [6.45, 7) is 7.34. The molecule has 0 spiro atoms. The Morgan fingerprint density at radius 3 is 2.17 bits per heavy atom. The van der Waals surface area contributed by atoms with Gasteiger partial charge in [0, 0.05) is 6.54 Å². The van der Waals surface area contributed by atoms with Crippen molar-refractivity contribution in [3.05, 3.63) is 71.3 Å². The first-order valence-electron chi connectivity index (χ1n) is 8.85. The monoisotopic (exact) mass is 321 g/mol. The summed E-state index contributed by atoms with van der Waals surface area (Å²) in [4.78, 5) is 12.7. The summed E-state index contributed by atoms with van der Waals surface area (Å²) >= 11 is 0. The van der Waals surface area contributed by atoms with Crippen LogP contribution in [0.1, 0.15) is 50.3 Å². The van der Waals surface area contributed by atoms with Crippen LogP contribution >= 0.6 is 0 Å². The fraction of sp³-hybridized carbons (Fsp3) is 0.409. The van der Waals surface area contributed by atoms with Gasteiger partial charge >= 0.3 is 0 Å². The fourth-order valence-electron chi connectivity index (χ4n) is 3.20. The number of carbonyl (C=O) groups excluding carboxylic acids is 1. The lowest BCUT2D eigenvalue weighted by Crippen LogP contribution is -2.36. The van der Waals surface area contributed by atoms with E-state index in [2.05, 4.69) is 62.5 Å². The number of benzene rings is 2. The molecule has 0 bridgehead atoms. The van der Waals surface area contributed by atoms with Gasteiger partial charge in [-0.1, -0.05) is 75.4 Å². The molecule has 3 rings (SSSR count). The zero-order valence-corrected chi connectivity index (χ0v) is 14.9. The minimum Gasteiger partial charge on any atom is -0.355 e. The lowest BCUT2D eigenvalue weighted by Gasteiger charge is -2.21. The van der Waals surface area contributed by atoms with Crippen molar-refractivity contribution in [2.45, 2.75) is 50.9 Å². The van der Waals surface area contributed by atoms with Crippen molar-refractivity contribution in [2.75, 3.05) is 6.54 Å². The Balaban J connectivity index is 1.62. The first kappa shape index (κ1) is 16.8. The lowest BCUT2D eigenvalue weighted by atomic mass is 9.85. The van der Waals surface area contributed by atoms with E-state index in [0.29, 0.717) is 6.54 Å². The first-order valence-corrected chi connectivity index (χ1v) is 8.85. The van der Waals surface area contributed by atoms with Crippen LogP contribution < -0.4 is 5.32 Å². The summed E-state index contributed by atoms with van der Waals surface area (Å²) in [7, 11) is 0. The zero-order chi connectivity index (χ0) is 17.2. The predicted molar refractivity (Wildman–Crippen MR) is 99.2 cm³/mol. The van der Waals surface area contributed by atoms with Gasteiger partial charge in [-0.15, -0.1) is 0 Å². The van der Waals surface area contributed by atoms with Crippen LogP contribution in [0.4, 0.5) is 0 Å². The number of nitrogens with one attached hydrogen (secondary N) is 1. The molecule has 0 aliphatic heterocycles. The average Bonchev–Trinajstić information content (AvgIpc) is 3.37. The highest BCUT2D eigenvalue weighted by Crippen LogP contribution is 2.48. The van der Waals surface area contributed by atoms with Crippen LogP contribution in [0.5, 0.6) is 0 Å². The van der Waals surface area contributed by atoms with Gasteiger partial charge in [0.1, 0.15) is 0 Å². The van der Waals surface area contributed by atoms with Crippen LogP contribution in [0.25, 0.3) is 0 Å². The highest BCUT2D eigenvalue weighted by molar-refractivity contribution is 5.91. The third-order valence-electron chi connectivity index (χ3n) is 5.03. The second-order valence-electron chi connectivity index (χ2n) is 7.90. The largest absolute Gasteiger partial charge is 0.355 e. The topological polar surface area (TPSA) is 29.1 Å². The summed E-state index contributed by atoms with van der Waals surface area (Å²) in [5.41, 5.74) is 3.59. The number of hydrogen-bond acceptors (Lipinski definition) is 1. The minimum absolute atomic E-state index is 0.146. The Hall–Kier alpha value is -2.09. The predicted octanol–water partition coefficient (Wildman–Crippen LogP) is 4.37. The number of hydrogen-bond donors (Lipinski definition) is 1. The minimum atomic E-state index is -0.285. The van der Waals surface area contributed by atoms with Crippen LogP contribution in [0.15, 0.2) is 54.6 Å². The molecule has 0 radical (unpaired) electrons. The molecule has 1 aliphatic carbocycles. The number of rotatable bonds is 5. The maximum absolute atomic E-state index is 12.7. The molecule has 0 aromatic heterocycles. The van der Waals surface area contributed by atoms with Gasteiger partial charge in [-0.3, -0.25) is 4.79 Å². The molecule has 126 valence electrons. The highest BCUT2D eigenvalue weighted by Gasteiger charge is 2.51. The summed E-state index contributed by atoms with van der Waals surface area (Å²) in [6.07, 6.45) is 2.80. The molecule has 2 nitrogen and oxygen atoms in total. The van der Waals surface area contributed by atoms with Crippen molar-refractivity contribution in [1.29, 1.82) is 0 Å². The molecule has 1 saturated carbocycles. The van der Waals surface area contributed by atoms with Crippen LogP contribution in [-0.2, 0) is 22.0 Å². The van der Waals surface area contributed by atoms with E-state index in [9.17, 15) is 4.79 Å². The molecule has 2 aromatic rings. The average molecular weight is 321 g/mol. The van der Waals surface area contributed by atoms with Crippen molar-refractivity contribution < 1.29 is 4.79 Å². The normalized spacial score (nSPS) is 15.8. The molecule has 1 aliphatic rings. The maximum atomic E-state index is 12.7. The van der Waals surface area contributed by atoms with E-state index in [4.69, 9.17) is 0 Å². The van der Waals surface area contributed by atoms with Gasteiger partial charge in [0.2, 0.25) is 5.91 Å². The summed E-state index contributed by atoms with van der Waals surface area (Å²) in [5, 5.41) is 3.14. The smallest absolute Gasteiger partial charge is 0.230 e. The van der Waals surface area contributed by atoms with Gasteiger partial charge in [-0.25, -0.2) is 0 Å². The van der Waals surface area contributed by atoms with Gasteiger partial charge in [-0.2, -0.15) is 0 Å². The molecule has 0 atom stereocenters. The first-order chi connectivity index (χ1) is 11.4. The van der Waals surface area contributed by atoms with Crippen molar-refractivity contribution in [3.63, 3.8) is 0 Å². The second-order valence-corrected chi connectivity index (χ2v) is 7.90. The molecular weight excluding hydrogens is 294 g/mol. The van der Waals surface area contributed by atoms with Crippen molar-refractivity contribution >= 4 is 5.91 Å². The molecule has 0 heterocycles. The molecule has 1 N–H and O–H groups in total. The Bertz CT molecular complexity index is 691. The third kappa shape index (κ3) is 3.53. The Morgan fingerprint density at radius 1 is 1.00 bits per heavy atom. The van der Waals surface area contributed by atoms with Gasteiger partial charge in [-0.05, 0) is 41.4 Å². The Kier molecular flexibility index (Phi) is 4.49. The third-order valence-corrected chi connectivity index (χ3v) is 5.03. The second kappa shape index (κ2) is 6.43. The summed E-state index contributed by atoms with van der Waals surface area (Å²) in [5.74, 6) is 0.182. The van der Waals surface area contributed by atoms with Crippen LogP contribution in [0.3, 0.4) is 0 Å². The molecule has 0 saturated heterocycles. The Morgan fingerprint density at radius 2 is 1.62 bits per heavy atom. The van der Waals surface area contributed by atoms with E-state index in [1.54, 1.807) is 0 Å². The van der Waals surface area contributed by atoms with E-state index in [-0.39, 0.29) is 16.7 Å². The quantitative estimate of drug-likeness (QED) is 0.870. The van der Waals surface area contributed by atoms with E-state index in [1.165, 1.54) is 11.1 Å². The maximum Gasteiger partial charge on any atom is 0.230 e. The molecular formula is C22H27NO. The molecule has 24 heavy (non-hydrogen) atoms. The number of amides is 1. The van der Waals surface area contributed by atoms with Gasteiger partial charge in [0.05, 0.1) is 5.41 Å². The molecule has 1 fully saturated rings. The van der Waals surface area contributed by atoms with Crippen LogP contribution in [-0.4, -0.2) is 12.5 Å². The molecule has 1 amide bonds. The fourth-order valence-corrected chi connectivity index (χ4v) is 3.20. The Labute approximate surface area is 145 Å². The van der Waals surface area contributed by atoms with Gasteiger partial charge < -0.3 is 5.32 Å². The SMILES string of the molecule is CC(C)(C)c1ccc(C2(C(=O)NCCc3ccccc3)CC2)cc1. The van der Waals surface area contributed by atoms with Crippen molar-refractivity contribution in [3.8, 4) is 0 Å². The van der Waals surface area contributed by atoms with Crippen molar-refractivity contribution in [1.82, 2.24) is 5.32 Å². The molecule has 0 unspecified atom stereocenters. The van der Waals surface area contributed by atoms with E-state index < -0.39 is 0 Å².